The molecule has 2 rings (SSSR count). The standard InChI is InChI=1S/C21H37N5S.HI/c1-4-25-14-16-26(17-15-25)13-9-8-12-23-21(22-3)24-18-19(2)27-20-10-6-5-7-11-20;/h5-7,10-11,19H,4,8-9,12-18H2,1-3H3,(H2,22,23,24);1H. The van der Waals surface area contributed by atoms with E-state index in [0.29, 0.717) is 5.25 Å². The minimum atomic E-state index is 0. The van der Waals surface area contributed by atoms with Crippen LogP contribution in [-0.4, -0.2) is 80.4 Å². The first-order valence-corrected chi connectivity index (χ1v) is 11.2. The number of halogens is 1. The summed E-state index contributed by atoms with van der Waals surface area (Å²) in [7, 11) is 1.84. The van der Waals surface area contributed by atoms with E-state index in [1.807, 2.05) is 18.8 Å². The fourth-order valence-corrected chi connectivity index (χ4v) is 4.18. The van der Waals surface area contributed by atoms with Gasteiger partial charge < -0.3 is 20.4 Å². The van der Waals surface area contributed by atoms with Gasteiger partial charge in [0.2, 0.25) is 0 Å². The second-order valence-electron chi connectivity index (χ2n) is 7.10. The Hall–Kier alpha value is -0.510. The summed E-state index contributed by atoms with van der Waals surface area (Å²) in [6.07, 6.45) is 2.43. The molecule has 1 aromatic rings. The first-order valence-electron chi connectivity index (χ1n) is 10.3. The Balaban J connectivity index is 0.00000392. The second kappa shape index (κ2) is 15.3. The van der Waals surface area contributed by atoms with Crippen LogP contribution in [0.4, 0.5) is 0 Å². The number of guanidine groups is 1. The predicted octanol–water partition coefficient (Wildman–Crippen LogP) is 3.37. The van der Waals surface area contributed by atoms with E-state index in [4.69, 9.17) is 0 Å². The summed E-state index contributed by atoms with van der Waals surface area (Å²) in [6, 6.07) is 10.6. The second-order valence-corrected chi connectivity index (χ2v) is 8.62. The molecule has 1 unspecified atom stereocenters. The maximum atomic E-state index is 4.34. The zero-order valence-electron chi connectivity index (χ0n) is 17.7. The molecule has 0 aliphatic carbocycles. The number of hydrogen-bond acceptors (Lipinski definition) is 4. The van der Waals surface area contributed by atoms with E-state index in [-0.39, 0.29) is 24.0 Å². The highest BCUT2D eigenvalue weighted by Gasteiger charge is 2.14. The molecule has 0 bridgehead atoms. The van der Waals surface area contributed by atoms with Crippen molar-refractivity contribution in [3.05, 3.63) is 30.3 Å². The fourth-order valence-electron chi connectivity index (χ4n) is 3.23. The Labute approximate surface area is 193 Å². The Morgan fingerprint density at radius 1 is 1.07 bits per heavy atom. The van der Waals surface area contributed by atoms with Crippen LogP contribution in [0.5, 0.6) is 0 Å². The Bertz CT molecular complexity index is 535. The van der Waals surface area contributed by atoms with Gasteiger partial charge in [0, 0.05) is 56.5 Å². The molecule has 0 aromatic heterocycles. The summed E-state index contributed by atoms with van der Waals surface area (Å²) in [5, 5.41) is 7.38. The lowest BCUT2D eigenvalue weighted by Gasteiger charge is -2.34. The van der Waals surface area contributed by atoms with Crippen molar-refractivity contribution in [2.24, 2.45) is 4.99 Å². The number of aliphatic imine (C=N–C) groups is 1. The summed E-state index contributed by atoms with van der Waals surface area (Å²) in [4.78, 5) is 10.8. The molecule has 0 spiro atoms. The lowest BCUT2D eigenvalue weighted by Crippen LogP contribution is -2.46. The highest BCUT2D eigenvalue weighted by Crippen LogP contribution is 2.21. The molecule has 1 saturated heterocycles. The molecule has 0 saturated carbocycles. The molecule has 1 aromatic carbocycles. The van der Waals surface area contributed by atoms with Gasteiger partial charge in [-0.3, -0.25) is 4.99 Å². The van der Waals surface area contributed by atoms with E-state index < -0.39 is 0 Å². The van der Waals surface area contributed by atoms with Crippen LogP contribution < -0.4 is 10.6 Å². The van der Waals surface area contributed by atoms with Crippen LogP contribution in [0.15, 0.2) is 40.2 Å². The molecule has 5 nitrogen and oxygen atoms in total. The minimum absolute atomic E-state index is 0. The number of nitrogens with zero attached hydrogens (tertiary/aromatic N) is 3. The highest BCUT2D eigenvalue weighted by atomic mass is 127. The van der Waals surface area contributed by atoms with Gasteiger partial charge in [-0.05, 0) is 38.1 Å². The van der Waals surface area contributed by atoms with E-state index in [9.17, 15) is 0 Å². The third kappa shape index (κ3) is 10.3. The summed E-state index contributed by atoms with van der Waals surface area (Å²) in [6.45, 7) is 13.7. The lowest BCUT2D eigenvalue weighted by molar-refractivity contribution is 0.136. The van der Waals surface area contributed by atoms with Crippen molar-refractivity contribution in [1.82, 2.24) is 20.4 Å². The van der Waals surface area contributed by atoms with Gasteiger partial charge in [-0.25, -0.2) is 0 Å². The number of benzene rings is 1. The van der Waals surface area contributed by atoms with Gasteiger partial charge in [0.25, 0.3) is 0 Å². The topological polar surface area (TPSA) is 42.9 Å². The number of thioether (sulfide) groups is 1. The van der Waals surface area contributed by atoms with Gasteiger partial charge in [-0.2, -0.15) is 0 Å². The number of rotatable bonds is 10. The van der Waals surface area contributed by atoms with E-state index in [2.05, 4.69) is 69.6 Å². The Morgan fingerprint density at radius 3 is 2.39 bits per heavy atom. The molecule has 1 atom stereocenters. The fraction of sp³-hybridized carbons (Fsp3) is 0.667. The Morgan fingerprint density at radius 2 is 1.75 bits per heavy atom. The minimum Gasteiger partial charge on any atom is -0.356 e. The zero-order valence-corrected chi connectivity index (χ0v) is 20.8. The number of nitrogens with one attached hydrogen (secondary N) is 2. The van der Waals surface area contributed by atoms with Gasteiger partial charge in [0.15, 0.2) is 5.96 Å². The van der Waals surface area contributed by atoms with E-state index in [1.54, 1.807) is 0 Å². The number of piperazine rings is 1. The van der Waals surface area contributed by atoms with Crippen molar-refractivity contribution in [2.75, 3.05) is 59.4 Å². The molecule has 160 valence electrons. The van der Waals surface area contributed by atoms with Gasteiger partial charge in [0.05, 0.1) is 0 Å². The van der Waals surface area contributed by atoms with Gasteiger partial charge >= 0.3 is 0 Å². The van der Waals surface area contributed by atoms with Crippen LogP contribution in [0.3, 0.4) is 0 Å². The smallest absolute Gasteiger partial charge is 0.191 e. The average molecular weight is 520 g/mol. The molecular weight excluding hydrogens is 481 g/mol. The molecule has 1 aliphatic rings. The third-order valence-corrected chi connectivity index (χ3v) is 6.08. The summed E-state index contributed by atoms with van der Waals surface area (Å²) in [5.41, 5.74) is 0. The van der Waals surface area contributed by atoms with Crippen LogP contribution in [-0.2, 0) is 0 Å². The first-order chi connectivity index (χ1) is 13.2. The molecule has 1 fully saturated rings. The summed E-state index contributed by atoms with van der Waals surface area (Å²) in [5.74, 6) is 0.909. The number of hydrogen-bond donors (Lipinski definition) is 2. The normalized spacial score (nSPS) is 17.0. The average Bonchev–Trinajstić information content (AvgIpc) is 2.71. The molecule has 1 aliphatic heterocycles. The maximum absolute atomic E-state index is 4.34. The van der Waals surface area contributed by atoms with E-state index >= 15 is 0 Å². The largest absolute Gasteiger partial charge is 0.356 e. The number of likely N-dealkylation sites (N-methyl/N-ethyl adjacent to an activating group) is 1. The predicted molar refractivity (Wildman–Crippen MR) is 134 cm³/mol. The molecule has 7 heteroatoms. The molecule has 1 heterocycles. The van der Waals surface area contributed by atoms with Crippen LogP contribution >= 0.6 is 35.7 Å². The number of unbranched alkanes of at least 4 members (excludes halogenated alkanes) is 1. The van der Waals surface area contributed by atoms with Crippen LogP contribution in [0.25, 0.3) is 0 Å². The van der Waals surface area contributed by atoms with E-state index in [1.165, 1.54) is 57.0 Å². The lowest BCUT2D eigenvalue weighted by atomic mass is 10.2. The highest BCUT2D eigenvalue weighted by molar-refractivity contribution is 14.0. The van der Waals surface area contributed by atoms with Crippen molar-refractivity contribution < 1.29 is 0 Å². The van der Waals surface area contributed by atoms with Crippen molar-refractivity contribution in [2.45, 2.75) is 36.8 Å². The van der Waals surface area contributed by atoms with Gasteiger partial charge in [-0.15, -0.1) is 35.7 Å². The van der Waals surface area contributed by atoms with E-state index in [0.717, 1.165) is 19.0 Å². The van der Waals surface area contributed by atoms with Crippen LogP contribution in [0.2, 0.25) is 0 Å². The molecular formula is C21H38IN5S. The molecule has 28 heavy (non-hydrogen) atoms. The summed E-state index contributed by atoms with van der Waals surface area (Å²) < 4.78 is 0. The van der Waals surface area contributed by atoms with Gasteiger partial charge in [0.1, 0.15) is 0 Å². The quantitative estimate of drug-likeness (QED) is 0.163. The van der Waals surface area contributed by atoms with Crippen molar-refractivity contribution in [1.29, 1.82) is 0 Å². The maximum Gasteiger partial charge on any atom is 0.191 e. The molecule has 2 N–H and O–H groups in total. The van der Waals surface area contributed by atoms with Crippen molar-refractivity contribution in [3.8, 4) is 0 Å². The zero-order chi connectivity index (χ0) is 19.3. The van der Waals surface area contributed by atoms with Gasteiger partial charge in [-0.1, -0.05) is 32.0 Å². The van der Waals surface area contributed by atoms with Crippen molar-refractivity contribution >= 4 is 41.7 Å². The van der Waals surface area contributed by atoms with Crippen molar-refractivity contribution in [3.63, 3.8) is 0 Å². The molecule has 0 radical (unpaired) electrons. The SMILES string of the molecule is CCN1CCN(CCCCNC(=NC)NCC(C)Sc2ccccc2)CC1.I. The van der Waals surface area contributed by atoms with Crippen LogP contribution in [0.1, 0.15) is 26.7 Å². The monoisotopic (exact) mass is 519 g/mol. The Kier molecular flexibility index (Phi) is 14.0. The van der Waals surface area contributed by atoms with Crippen LogP contribution in [0, 0.1) is 0 Å². The third-order valence-electron chi connectivity index (χ3n) is 4.97. The molecule has 0 amide bonds. The summed E-state index contributed by atoms with van der Waals surface area (Å²) >= 11 is 1.89. The first kappa shape index (κ1) is 25.5.